The molecule has 1 aliphatic rings. The smallest absolute Gasteiger partial charge is 0.242 e. The largest absolute Gasteiger partial charge is 0.390 e. The number of aliphatic hydroxyl groups excluding tert-OH is 1. The molecule has 306 valence electrons. The van der Waals surface area contributed by atoms with Crippen LogP contribution >= 0.6 is 0 Å². The van der Waals surface area contributed by atoms with Crippen LogP contribution in [0.25, 0.3) is 21.5 Å². The molecule has 8 nitrogen and oxygen atoms in total. The second-order valence-corrected chi connectivity index (χ2v) is 17.2. The molecule has 0 saturated carbocycles. The number of benzene rings is 5. The number of hydrogen-bond donors (Lipinski definition) is 4. The van der Waals surface area contributed by atoms with Crippen LogP contribution in [0.15, 0.2) is 115 Å². The molecule has 3 amide bonds. The molecule has 1 fully saturated rings. The summed E-state index contributed by atoms with van der Waals surface area (Å²) < 4.78 is 0. The van der Waals surface area contributed by atoms with Gasteiger partial charge in [0.1, 0.15) is 6.04 Å². The Hall–Kier alpha value is -5.05. The maximum absolute atomic E-state index is 14.6. The molecule has 3 atom stereocenters. The second-order valence-electron chi connectivity index (χ2n) is 17.2. The minimum Gasteiger partial charge on any atom is -0.390 e. The average molecular weight is 783 g/mol. The van der Waals surface area contributed by atoms with E-state index >= 15 is 0 Å². The summed E-state index contributed by atoms with van der Waals surface area (Å²) in [6, 6.07) is 37.9. The normalized spacial score (nSPS) is 15.4. The lowest BCUT2D eigenvalue weighted by Crippen LogP contribution is -2.55. The minimum atomic E-state index is -1.08. The first kappa shape index (κ1) is 42.6. The van der Waals surface area contributed by atoms with Crippen molar-refractivity contribution in [3.8, 4) is 0 Å². The van der Waals surface area contributed by atoms with Gasteiger partial charge in [0.05, 0.1) is 18.6 Å². The molecule has 0 bridgehead atoms. The third kappa shape index (κ3) is 12.0. The van der Waals surface area contributed by atoms with Crippen molar-refractivity contribution >= 4 is 39.3 Å². The summed E-state index contributed by atoms with van der Waals surface area (Å²) in [7, 11) is 0. The highest BCUT2D eigenvalue weighted by molar-refractivity contribution is 5.91. The number of fused-ring (bicyclic) bond motifs is 2. The van der Waals surface area contributed by atoms with Crippen LogP contribution in [0.4, 0.5) is 0 Å². The molecule has 0 spiro atoms. The summed E-state index contributed by atoms with van der Waals surface area (Å²) in [5, 5.41) is 25.4. The van der Waals surface area contributed by atoms with Crippen molar-refractivity contribution in [2.24, 2.45) is 17.8 Å². The van der Waals surface area contributed by atoms with Crippen molar-refractivity contribution in [3.05, 3.63) is 132 Å². The molecule has 5 aromatic carbocycles. The second kappa shape index (κ2) is 20.6. The van der Waals surface area contributed by atoms with Gasteiger partial charge in [-0.1, -0.05) is 143 Å². The highest BCUT2D eigenvalue weighted by Crippen LogP contribution is 2.27. The van der Waals surface area contributed by atoms with Gasteiger partial charge >= 0.3 is 0 Å². The number of rotatable bonds is 18. The van der Waals surface area contributed by atoms with Crippen LogP contribution in [-0.2, 0) is 33.8 Å². The van der Waals surface area contributed by atoms with Crippen LogP contribution in [-0.4, -0.2) is 65.0 Å². The van der Waals surface area contributed by atoms with E-state index < -0.39 is 24.1 Å². The van der Waals surface area contributed by atoms with Gasteiger partial charge in [-0.15, -0.1) is 0 Å². The van der Waals surface area contributed by atoms with E-state index in [9.17, 15) is 19.5 Å². The van der Waals surface area contributed by atoms with Gasteiger partial charge in [-0.3, -0.25) is 19.3 Å². The molecule has 2 unspecified atom stereocenters. The highest BCUT2D eigenvalue weighted by Gasteiger charge is 2.32. The molecule has 4 N–H and O–H groups in total. The zero-order valence-electron chi connectivity index (χ0n) is 34.7. The van der Waals surface area contributed by atoms with Crippen molar-refractivity contribution in [1.29, 1.82) is 0 Å². The van der Waals surface area contributed by atoms with E-state index in [-0.39, 0.29) is 42.0 Å². The summed E-state index contributed by atoms with van der Waals surface area (Å²) in [6.07, 6.45) is 2.43. The Balaban J connectivity index is 1.13. The lowest BCUT2D eigenvalue weighted by Gasteiger charge is -2.33. The van der Waals surface area contributed by atoms with E-state index in [4.69, 9.17) is 0 Å². The summed E-state index contributed by atoms with van der Waals surface area (Å²) in [4.78, 5) is 44.5. The highest BCUT2D eigenvalue weighted by atomic mass is 16.3. The van der Waals surface area contributed by atoms with Gasteiger partial charge < -0.3 is 21.1 Å². The molecule has 8 heteroatoms. The first-order valence-corrected chi connectivity index (χ1v) is 21.3. The molecular formula is C50H62N4O4. The summed E-state index contributed by atoms with van der Waals surface area (Å²) in [5.74, 6) is -0.924. The predicted molar refractivity (Wildman–Crippen MR) is 235 cm³/mol. The molecule has 0 aromatic heterocycles. The van der Waals surface area contributed by atoms with Gasteiger partial charge in [0, 0.05) is 31.6 Å². The van der Waals surface area contributed by atoms with Gasteiger partial charge in [0.2, 0.25) is 17.7 Å². The molecule has 58 heavy (non-hydrogen) atoms. The third-order valence-corrected chi connectivity index (χ3v) is 11.5. The summed E-state index contributed by atoms with van der Waals surface area (Å²) in [6.45, 7) is 10.8. The fourth-order valence-corrected chi connectivity index (χ4v) is 8.52. The van der Waals surface area contributed by atoms with Gasteiger partial charge in [0.25, 0.3) is 0 Å². The fraction of sp³-hybridized carbons (Fsp3) is 0.420. The Morgan fingerprint density at radius 2 is 1.19 bits per heavy atom. The Morgan fingerprint density at radius 1 is 0.655 bits per heavy atom. The zero-order chi connectivity index (χ0) is 41.0. The maximum Gasteiger partial charge on any atom is 0.242 e. The minimum absolute atomic E-state index is 0.0474. The van der Waals surface area contributed by atoms with Crippen molar-refractivity contribution in [3.63, 3.8) is 0 Å². The molecule has 5 aromatic rings. The molecule has 1 heterocycles. The first-order chi connectivity index (χ1) is 28.0. The van der Waals surface area contributed by atoms with Gasteiger partial charge in [-0.25, -0.2) is 0 Å². The lowest BCUT2D eigenvalue weighted by atomic mass is 9.87. The predicted octanol–water partition coefficient (Wildman–Crippen LogP) is 7.99. The average Bonchev–Trinajstić information content (AvgIpc) is 3.21. The SMILES string of the molecule is CC(C)CC(NC(=O)[C@H](CC(C)C)NC(=O)C(Cc1cccc2ccccc12)Cc1cccc2ccccc12)C(O)CC(=O)NC1CCN(Cc2ccccc2)CC1. The third-order valence-electron chi connectivity index (χ3n) is 11.5. The van der Waals surface area contributed by atoms with Crippen LogP contribution < -0.4 is 16.0 Å². The molecule has 0 radical (unpaired) electrons. The Kier molecular flexibility index (Phi) is 15.1. The van der Waals surface area contributed by atoms with E-state index in [1.54, 1.807) is 0 Å². The van der Waals surface area contributed by atoms with E-state index in [2.05, 4.69) is 93.6 Å². The maximum atomic E-state index is 14.6. The number of hydrogen-bond acceptors (Lipinski definition) is 5. The topological polar surface area (TPSA) is 111 Å². The van der Waals surface area contributed by atoms with Crippen LogP contribution in [0.3, 0.4) is 0 Å². The Morgan fingerprint density at radius 3 is 1.76 bits per heavy atom. The van der Waals surface area contributed by atoms with Gasteiger partial charge in [0.15, 0.2) is 0 Å². The van der Waals surface area contributed by atoms with E-state index in [0.717, 1.165) is 65.1 Å². The number of piperidine rings is 1. The number of aliphatic hydroxyl groups is 1. The van der Waals surface area contributed by atoms with E-state index in [1.807, 2.05) is 70.2 Å². The molecule has 0 aliphatic carbocycles. The number of nitrogens with one attached hydrogen (secondary N) is 3. The lowest BCUT2D eigenvalue weighted by molar-refractivity contribution is -0.132. The van der Waals surface area contributed by atoms with Crippen molar-refractivity contribution < 1.29 is 19.5 Å². The number of nitrogens with zero attached hydrogens (tertiary/aromatic N) is 1. The summed E-state index contributed by atoms with van der Waals surface area (Å²) in [5.41, 5.74) is 3.45. The monoisotopic (exact) mass is 782 g/mol. The van der Waals surface area contributed by atoms with Gasteiger partial charge in [-0.2, -0.15) is 0 Å². The van der Waals surface area contributed by atoms with Gasteiger partial charge in [-0.05, 0) is 88.6 Å². The molecule has 1 saturated heterocycles. The van der Waals surface area contributed by atoms with E-state index in [0.29, 0.717) is 25.7 Å². The van der Waals surface area contributed by atoms with E-state index in [1.165, 1.54) is 5.56 Å². The molecular weight excluding hydrogens is 721 g/mol. The van der Waals surface area contributed by atoms with Crippen LogP contribution in [0.1, 0.15) is 76.5 Å². The number of amides is 3. The first-order valence-electron chi connectivity index (χ1n) is 21.3. The van der Waals surface area contributed by atoms with Crippen molar-refractivity contribution in [2.45, 2.75) is 103 Å². The Bertz CT molecular complexity index is 2020. The van der Waals surface area contributed by atoms with Crippen LogP contribution in [0, 0.1) is 17.8 Å². The van der Waals surface area contributed by atoms with Crippen molar-refractivity contribution in [2.75, 3.05) is 13.1 Å². The molecule has 6 rings (SSSR count). The standard InChI is InChI=1S/C50H62N4O4/c1-34(2)28-45(47(55)32-48(56)51-42-24-26-54(27-25-42)33-36-14-6-5-7-15-36)52-50(58)46(29-35(3)4)53-49(57)41(30-39-20-12-18-37-16-8-10-22-43(37)39)31-40-21-13-19-38-17-9-11-23-44(38)40/h5-23,34-35,41-42,45-47,55H,24-33H2,1-4H3,(H,51,56)(H,52,58)(H,53,57)/t45?,46-,47?/m0/s1. The summed E-state index contributed by atoms with van der Waals surface area (Å²) >= 11 is 0. The quantitative estimate of drug-likeness (QED) is 0.0721. The van der Waals surface area contributed by atoms with Crippen molar-refractivity contribution in [1.82, 2.24) is 20.9 Å². The zero-order valence-corrected chi connectivity index (χ0v) is 34.7. The number of likely N-dealkylation sites (tertiary alicyclic amines) is 1. The van der Waals surface area contributed by atoms with Crippen LogP contribution in [0.2, 0.25) is 0 Å². The van der Waals surface area contributed by atoms with Crippen LogP contribution in [0.5, 0.6) is 0 Å². The molecule has 1 aliphatic heterocycles. The number of carbonyl (C=O) groups excluding carboxylic acids is 3. The number of carbonyl (C=O) groups is 3. The Labute approximate surface area is 344 Å². The fourth-order valence-electron chi connectivity index (χ4n) is 8.52.